The van der Waals surface area contributed by atoms with E-state index in [0.29, 0.717) is 29.5 Å². The van der Waals surface area contributed by atoms with E-state index in [1.165, 1.54) is 11.8 Å². The van der Waals surface area contributed by atoms with E-state index in [0.717, 1.165) is 29.0 Å². The van der Waals surface area contributed by atoms with Gasteiger partial charge in [-0.15, -0.1) is 11.8 Å². The monoisotopic (exact) mass is 528 g/mol. The zero-order valence-electron chi connectivity index (χ0n) is 20.7. The minimum Gasteiger partial charge on any atom is -0.455 e. The lowest BCUT2D eigenvalue weighted by atomic mass is 9.99. The van der Waals surface area contributed by atoms with Crippen molar-refractivity contribution >= 4 is 52.9 Å². The van der Waals surface area contributed by atoms with Gasteiger partial charge in [-0.1, -0.05) is 44.2 Å². The van der Waals surface area contributed by atoms with E-state index in [2.05, 4.69) is 33.2 Å². The molecule has 4 rings (SSSR count). The normalized spacial score (nSPS) is 27.1. The molecule has 1 aromatic carbocycles. The van der Waals surface area contributed by atoms with E-state index < -0.39 is 23.7 Å². The number of thioether (sulfide) groups is 1. The van der Waals surface area contributed by atoms with Crippen LogP contribution in [0.15, 0.2) is 46.0 Å². The summed E-state index contributed by atoms with van der Waals surface area (Å²) >= 11 is 5.78. The molecule has 0 aliphatic carbocycles. The second-order valence-corrected chi connectivity index (χ2v) is 11.2. The van der Waals surface area contributed by atoms with Gasteiger partial charge >= 0.3 is 5.97 Å². The Morgan fingerprint density at radius 3 is 2.83 bits per heavy atom. The Balaban J connectivity index is 1.67. The summed E-state index contributed by atoms with van der Waals surface area (Å²) in [5.74, 6) is -0.255. The highest BCUT2D eigenvalue weighted by atomic mass is 32.2. The highest BCUT2D eigenvalue weighted by Crippen LogP contribution is 2.33. The zero-order chi connectivity index (χ0) is 25.9. The number of cyclic esters (lactones) is 1. The van der Waals surface area contributed by atoms with E-state index in [4.69, 9.17) is 4.74 Å². The minimum absolute atomic E-state index is 0.0390. The number of ether oxygens (including phenoxy) is 1. The van der Waals surface area contributed by atoms with Crippen LogP contribution in [-0.2, 0) is 25.5 Å². The number of allylic oxidation sites excluding steroid dienone is 1. The van der Waals surface area contributed by atoms with Crippen LogP contribution in [0.25, 0.3) is 0 Å². The number of fused-ring (bicyclic) bond motifs is 3. The average molecular weight is 529 g/mol. The molecule has 3 heterocycles. The Bertz CT molecular complexity index is 1150. The molecule has 3 aliphatic rings. The minimum atomic E-state index is -1.02. The van der Waals surface area contributed by atoms with Gasteiger partial charge in [-0.3, -0.25) is 19.6 Å². The highest BCUT2D eigenvalue weighted by Gasteiger charge is 2.42. The summed E-state index contributed by atoms with van der Waals surface area (Å²) in [5.41, 5.74) is 2.29. The van der Waals surface area contributed by atoms with Crippen LogP contribution in [0.2, 0.25) is 0 Å². The van der Waals surface area contributed by atoms with Crippen molar-refractivity contribution in [2.24, 2.45) is 15.9 Å². The number of nitrogens with zero attached hydrogens (tertiary/aromatic N) is 2. The van der Waals surface area contributed by atoms with Gasteiger partial charge in [0.05, 0.1) is 18.7 Å². The Kier molecular flexibility index (Phi) is 8.24. The van der Waals surface area contributed by atoms with Crippen molar-refractivity contribution in [3.63, 3.8) is 0 Å². The summed E-state index contributed by atoms with van der Waals surface area (Å²) in [6, 6.07) is 6.76. The van der Waals surface area contributed by atoms with Gasteiger partial charge in [0.15, 0.2) is 0 Å². The first-order valence-corrected chi connectivity index (χ1v) is 13.8. The molecule has 10 heteroatoms. The van der Waals surface area contributed by atoms with Crippen LogP contribution in [0, 0.1) is 5.92 Å². The first-order valence-electron chi connectivity index (χ1n) is 12.2. The molecule has 0 saturated heterocycles. The van der Waals surface area contributed by atoms with Gasteiger partial charge in [0.2, 0.25) is 11.8 Å². The van der Waals surface area contributed by atoms with Crippen molar-refractivity contribution in [2.45, 2.75) is 57.7 Å². The molecule has 0 radical (unpaired) electrons. The van der Waals surface area contributed by atoms with E-state index in [1.54, 1.807) is 6.92 Å². The van der Waals surface area contributed by atoms with Crippen LogP contribution >= 0.6 is 24.4 Å². The number of amides is 2. The topological polar surface area (TPSA) is 109 Å². The molecular weight excluding hydrogens is 496 g/mol. The van der Waals surface area contributed by atoms with Crippen LogP contribution in [0.5, 0.6) is 0 Å². The number of esters is 1. The van der Waals surface area contributed by atoms with Gasteiger partial charge in [-0.05, 0) is 36.1 Å². The first kappa shape index (κ1) is 26.5. The molecule has 0 fully saturated rings. The van der Waals surface area contributed by atoms with E-state index >= 15 is 0 Å². The summed E-state index contributed by atoms with van der Waals surface area (Å²) < 4.78 is 5.92. The molecule has 0 unspecified atom stereocenters. The van der Waals surface area contributed by atoms with Gasteiger partial charge in [-0.25, -0.2) is 4.79 Å². The number of nitrogens with one attached hydrogen (secondary N) is 2. The Hall–Kier alpha value is -2.59. The van der Waals surface area contributed by atoms with Crippen LogP contribution in [0.3, 0.4) is 0 Å². The first-order chi connectivity index (χ1) is 17.2. The number of carbonyl (C=O) groups is 3. The van der Waals surface area contributed by atoms with Crippen molar-refractivity contribution in [3.8, 4) is 0 Å². The van der Waals surface area contributed by atoms with Crippen molar-refractivity contribution in [1.29, 1.82) is 0 Å². The molecule has 2 N–H and O–H groups in total. The third-order valence-corrected chi connectivity index (χ3v) is 7.91. The maximum atomic E-state index is 13.4. The predicted molar refractivity (Wildman–Crippen MR) is 146 cm³/mol. The van der Waals surface area contributed by atoms with Gasteiger partial charge in [0, 0.05) is 17.9 Å². The summed E-state index contributed by atoms with van der Waals surface area (Å²) in [6.07, 6.45) is 2.49. The molecule has 0 aromatic heterocycles. The fourth-order valence-electron chi connectivity index (χ4n) is 4.22. The number of hydrogen-bond acceptors (Lipinski definition) is 8. The molecule has 0 spiro atoms. The van der Waals surface area contributed by atoms with Crippen LogP contribution in [0.1, 0.15) is 50.8 Å². The number of aryl methyl sites for hydroxylation is 1. The molecule has 36 heavy (non-hydrogen) atoms. The Morgan fingerprint density at radius 1 is 1.28 bits per heavy atom. The summed E-state index contributed by atoms with van der Waals surface area (Å²) in [7, 11) is 0. The fourth-order valence-corrected chi connectivity index (χ4v) is 5.64. The highest BCUT2D eigenvalue weighted by molar-refractivity contribution is 8.14. The van der Waals surface area contributed by atoms with Gasteiger partial charge in [0.1, 0.15) is 22.7 Å². The number of aliphatic imine (C=N–C) groups is 2. The van der Waals surface area contributed by atoms with E-state index in [-0.39, 0.29) is 24.2 Å². The van der Waals surface area contributed by atoms with Crippen molar-refractivity contribution in [2.75, 3.05) is 18.1 Å². The third-order valence-electron chi connectivity index (χ3n) is 6.41. The molecule has 8 nitrogen and oxygen atoms in total. The standard InChI is InChI=1S/C26H32N4O4S2/c1-15(2)22-24(32)34-20(17-6-4-5-16(11-17)9-10-35)12-21(31)27-13-18-7-8-19(28-18)23-30-26(3,14-36-23)25(33)29-22/h4-6,8,11,15,20,22,35H,7,9-10,12-14H2,1-3H3,(H,27,31)(H,29,33)/t20-,22-,26-/m0/s1. The maximum Gasteiger partial charge on any atom is 0.329 e. The fraction of sp³-hybridized carbons (Fsp3) is 0.500. The summed E-state index contributed by atoms with van der Waals surface area (Å²) in [5, 5.41) is 6.49. The molecule has 2 amide bonds. The van der Waals surface area contributed by atoms with Crippen molar-refractivity contribution in [3.05, 3.63) is 47.2 Å². The number of thiol groups is 1. The van der Waals surface area contributed by atoms with Gasteiger partial charge < -0.3 is 15.4 Å². The predicted octanol–water partition coefficient (Wildman–Crippen LogP) is 3.04. The zero-order valence-corrected chi connectivity index (χ0v) is 22.5. The smallest absolute Gasteiger partial charge is 0.329 e. The number of hydrogen-bond donors (Lipinski definition) is 3. The third kappa shape index (κ3) is 6.03. The lowest BCUT2D eigenvalue weighted by molar-refractivity contribution is -0.156. The maximum absolute atomic E-state index is 13.4. The van der Waals surface area contributed by atoms with Gasteiger partial charge in [0.25, 0.3) is 0 Å². The molecule has 1 aromatic rings. The van der Waals surface area contributed by atoms with Gasteiger partial charge in [-0.2, -0.15) is 12.6 Å². The van der Waals surface area contributed by atoms with Crippen LogP contribution in [-0.4, -0.2) is 58.2 Å². The number of benzene rings is 1. The second kappa shape index (κ2) is 11.2. The second-order valence-electron chi connectivity index (χ2n) is 9.77. The molecule has 3 aliphatic heterocycles. The lowest BCUT2D eigenvalue weighted by Crippen LogP contribution is -2.53. The van der Waals surface area contributed by atoms with Crippen molar-refractivity contribution < 1.29 is 19.1 Å². The summed E-state index contributed by atoms with van der Waals surface area (Å²) in [4.78, 5) is 48.9. The van der Waals surface area contributed by atoms with E-state index in [9.17, 15) is 14.4 Å². The average Bonchev–Trinajstić information content (AvgIpc) is 3.48. The largest absolute Gasteiger partial charge is 0.455 e. The van der Waals surface area contributed by atoms with Crippen LogP contribution in [0.4, 0.5) is 0 Å². The van der Waals surface area contributed by atoms with Crippen molar-refractivity contribution in [1.82, 2.24) is 10.6 Å². The molecule has 4 bridgehead atoms. The Labute approximate surface area is 221 Å². The lowest BCUT2D eigenvalue weighted by Gasteiger charge is -2.28. The quantitative estimate of drug-likeness (QED) is 0.411. The molecule has 0 saturated carbocycles. The molecule has 192 valence electrons. The van der Waals surface area contributed by atoms with E-state index in [1.807, 2.05) is 44.2 Å². The molecule has 3 atom stereocenters. The number of rotatable bonds is 4. The number of carbonyl (C=O) groups excluding carboxylic acids is 3. The molecular formula is C26H32N4O4S2. The summed E-state index contributed by atoms with van der Waals surface area (Å²) in [6.45, 7) is 5.76. The SMILES string of the molecule is CC(C)[C@@H]1NC(=O)[C@]2(C)CSC(=N2)C2=CCC(=N2)CNC(=O)C[C@@H](c2cccc(CCS)c2)OC1=O. The van der Waals surface area contributed by atoms with Crippen LogP contribution < -0.4 is 10.6 Å². The Morgan fingerprint density at radius 2 is 2.08 bits per heavy atom.